The van der Waals surface area contributed by atoms with E-state index in [0.717, 1.165) is 25.7 Å². The summed E-state index contributed by atoms with van der Waals surface area (Å²) in [5.74, 6) is -0.796. The fourth-order valence-corrected chi connectivity index (χ4v) is 3.85. The molecule has 0 spiro atoms. The summed E-state index contributed by atoms with van der Waals surface area (Å²) in [7, 11) is 0. The molecular formula is C20H36N2O6. The quantitative estimate of drug-likeness (QED) is 0.440. The number of carbonyl (C=O) groups is 2. The molecule has 7 atom stereocenters. The predicted molar refractivity (Wildman–Crippen MR) is 103 cm³/mol. The van der Waals surface area contributed by atoms with E-state index in [1.165, 1.54) is 0 Å². The van der Waals surface area contributed by atoms with Crippen molar-refractivity contribution >= 4 is 11.8 Å². The smallest absolute Gasteiger partial charge is 0.227 e. The minimum atomic E-state index is -1.42. The van der Waals surface area contributed by atoms with Gasteiger partial charge in [-0.25, -0.2) is 0 Å². The minimum absolute atomic E-state index is 0.0577. The maximum Gasteiger partial charge on any atom is 0.227 e. The highest BCUT2D eigenvalue weighted by Crippen LogP contribution is 2.28. The number of ether oxygens (including phenoxy) is 1. The van der Waals surface area contributed by atoms with Crippen molar-refractivity contribution in [1.82, 2.24) is 10.6 Å². The molecule has 7 unspecified atom stereocenters. The topological polar surface area (TPSA) is 128 Å². The van der Waals surface area contributed by atoms with Gasteiger partial charge in [0.15, 0.2) is 6.23 Å². The highest BCUT2D eigenvalue weighted by atomic mass is 16.5. The van der Waals surface area contributed by atoms with Gasteiger partial charge in [0, 0.05) is 12.5 Å². The fourth-order valence-electron chi connectivity index (χ4n) is 3.85. The Kier molecular flexibility index (Phi) is 7.84. The molecule has 162 valence electrons. The molecule has 2 fully saturated rings. The van der Waals surface area contributed by atoms with Crippen LogP contribution in [0.1, 0.15) is 66.2 Å². The number of aliphatic hydroxyl groups is 3. The van der Waals surface area contributed by atoms with Crippen molar-refractivity contribution in [3.63, 3.8) is 0 Å². The molecule has 1 saturated heterocycles. The monoisotopic (exact) mass is 400 g/mol. The fraction of sp³-hybridized carbons (Fsp3) is 0.900. The Labute approximate surface area is 167 Å². The van der Waals surface area contributed by atoms with E-state index in [-0.39, 0.29) is 23.3 Å². The van der Waals surface area contributed by atoms with Crippen molar-refractivity contribution in [1.29, 1.82) is 0 Å². The summed E-state index contributed by atoms with van der Waals surface area (Å²) in [6, 6.07) is -0.262. The van der Waals surface area contributed by atoms with Gasteiger partial charge in [0.05, 0.1) is 12.0 Å². The van der Waals surface area contributed by atoms with Crippen molar-refractivity contribution in [3.05, 3.63) is 0 Å². The standard InChI is InChI=1S/C20H36N2O6/c1-5-20(3,4)10-14(23)21-13-9-7-6-8-12(13)18(27)22-19-17(26)16(25)15(24)11(2)28-19/h11-13,15-17,19,24-26H,5-10H2,1-4H3,(H,21,23)(H,22,27). The second-order valence-electron chi connectivity index (χ2n) is 9.00. The Morgan fingerprint density at radius 1 is 1.04 bits per heavy atom. The second-order valence-corrected chi connectivity index (χ2v) is 9.00. The van der Waals surface area contributed by atoms with Crippen LogP contribution in [0.25, 0.3) is 0 Å². The Hall–Kier alpha value is -1.22. The van der Waals surface area contributed by atoms with E-state index in [4.69, 9.17) is 4.74 Å². The lowest BCUT2D eigenvalue weighted by Crippen LogP contribution is -2.63. The van der Waals surface area contributed by atoms with Crippen molar-refractivity contribution in [2.45, 2.75) is 103 Å². The van der Waals surface area contributed by atoms with Gasteiger partial charge in [-0.05, 0) is 25.2 Å². The van der Waals surface area contributed by atoms with E-state index in [1.807, 2.05) is 20.8 Å². The molecule has 2 rings (SSSR count). The summed E-state index contributed by atoms with van der Waals surface area (Å²) < 4.78 is 5.46. The molecule has 28 heavy (non-hydrogen) atoms. The summed E-state index contributed by atoms with van der Waals surface area (Å²) in [6.07, 6.45) is -1.37. The first-order valence-electron chi connectivity index (χ1n) is 10.3. The third-order valence-electron chi connectivity index (χ3n) is 6.18. The Bertz CT molecular complexity index is 555. The van der Waals surface area contributed by atoms with E-state index < -0.39 is 36.6 Å². The number of nitrogens with one attached hydrogen (secondary N) is 2. The van der Waals surface area contributed by atoms with Crippen LogP contribution < -0.4 is 10.6 Å². The number of hydrogen-bond donors (Lipinski definition) is 5. The molecule has 5 N–H and O–H groups in total. The lowest BCUT2D eigenvalue weighted by molar-refractivity contribution is -0.225. The largest absolute Gasteiger partial charge is 0.388 e. The molecule has 0 aromatic rings. The van der Waals surface area contributed by atoms with Gasteiger partial charge in [0.25, 0.3) is 0 Å². The van der Waals surface area contributed by atoms with Crippen LogP contribution in [-0.4, -0.2) is 63.8 Å². The molecule has 8 nitrogen and oxygen atoms in total. The zero-order valence-electron chi connectivity index (χ0n) is 17.4. The average molecular weight is 401 g/mol. The first kappa shape index (κ1) is 23.1. The van der Waals surface area contributed by atoms with Gasteiger partial charge in [0.1, 0.15) is 18.3 Å². The average Bonchev–Trinajstić information content (AvgIpc) is 2.64. The predicted octanol–water partition coefficient (Wildman–Crippen LogP) is 0.431. The molecule has 2 aliphatic rings. The summed E-state index contributed by atoms with van der Waals surface area (Å²) in [5, 5.41) is 35.5. The number of amides is 2. The molecule has 0 aromatic carbocycles. The summed E-state index contributed by atoms with van der Waals surface area (Å²) in [6.45, 7) is 7.70. The second kappa shape index (κ2) is 9.52. The molecule has 1 heterocycles. The van der Waals surface area contributed by atoms with Gasteiger partial charge in [-0.3, -0.25) is 9.59 Å². The van der Waals surface area contributed by atoms with Crippen molar-refractivity contribution in [2.75, 3.05) is 0 Å². The molecule has 2 amide bonds. The molecular weight excluding hydrogens is 364 g/mol. The SMILES string of the molecule is CCC(C)(C)CC(=O)NC1CCCCC1C(=O)NC1OC(C)C(O)C(O)C1O. The van der Waals surface area contributed by atoms with E-state index in [1.54, 1.807) is 6.92 Å². The molecule has 0 bridgehead atoms. The van der Waals surface area contributed by atoms with Crippen LogP contribution in [-0.2, 0) is 14.3 Å². The van der Waals surface area contributed by atoms with Crippen LogP contribution in [0.3, 0.4) is 0 Å². The van der Waals surface area contributed by atoms with E-state index in [0.29, 0.717) is 12.8 Å². The molecule has 0 radical (unpaired) electrons. The highest BCUT2D eigenvalue weighted by molar-refractivity contribution is 5.82. The van der Waals surface area contributed by atoms with Gasteiger partial charge in [-0.2, -0.15) is 0 Å². The van der Waals surface area contributed by atoms with Crippen LogP contribution in [0.5, 0.6) is 0 Å². The third kappa shape index (κ3) is 5.65. The van der Waals surface area contributed by atoms with Crippen LogP contribution >= 0.6 is 0 Å². The molecule has 8 heteroatoms. The summed E-state index contributed by atoms with van der Waals surface area (Å²) in [5.41, 5.74) is -0.0936. The van der Waals surface area contributed by atoms with Gasteiger partial charge in [-0.15, -0.1) is 0 Å². The normalized spacial score (nSPS) is 36.6. The van der Waals surface area contributed by atoms with E-state index in [9.17, 15) is 24.9 Å². The lowest BCUT2D eigenvalue weighted by Gasteiger charge is -2.40. The third-order valence-corrected chi connectivity index (χ3v) is 6.18. The first-order valence-corrected chi connectivity index (χ1v) is 10.3. The minimum Gasteiger partial charge on any atom is -0.388 e. The number of rotatable bonds is 6. The van der Waals surface area contributed by atoms with Gasteiger partial charge >= 0.3 is 0 Å². The molecule has 1 aliphatic carbocycles. The summed E-state index contributed by atoms with van der Waals surface area (Å²) in [4.78, 5) is 25.3. The van der Waals surface area contributed by atoms with Crippen molar-refractivity contribution in [3.8, 4) is 0 Å². The van der Waals surface area contributed by atoms with Crippen LogP contribution in [0.4, 0.5) is 0 Å². The molecule has 1 aliphatic heterocycles. The zero-order valence-corrected chi connectivity index (χ0v) is 17.4. The zero-order chi connectivity index (χ0) is 21.1. The molecule has 0 aromatic heterocycles. The Morgan fingerprint density at radius 3 is 2.32 bits per heavy atom. The number of carbonyl (C=O) groups excluding carboxylic acids is 2. The Balaban J connectivity index is 1.99. The Morgan fingerprint density at radius 2 is 1.68 bits per heavy atom. The van der Waals surface area contributed by atoms with Gasteiger partial charge < -0.3 is 30.7 Å². The van der Waals surface area contributed by atoms with Crippen molar-refractivity contribution < 1.29 is 29.6 Å². The number of aliphatic hydroxyl groups excluding tert-OH is 3. The van der Waals surface area contributed by atoms with Crippen LogP contribution in [0.2, 0.25) is 0 Å². The first-order chi connectivity index (χ1) is 13.1. The number of hydrogen-bond acceptors (Lipinski definition) is 6. The van der Waals surface area contributed by atoms with Crippen LogP contribution in [0.15, 0.2) is 0 Å². The summed E-state index contributed by atoms with van der Waals surface area (Å²) >= 11 is 0. The lowest BCUT2D eigenvalue weighted by atomic mass is 9.82. The van der Waals surface area contributed by atoms with Crippen molar-refractivity contribution in [2.24, 2.45) is 11.3 Å². The maximum atomic E-state index is 12.8. The van der Waals surface area contributed by atoms with E-state index in [2.05, 4.69) is 10.6 Å². The van der Waals surface area contributed by atoms with Gasteiger partial charge in [-0.1, -0.05) is 40.0 Å². The van der Waals surface area contributed by atoms with E-state index >= 15 is 0 Å². The molecule has 1 saturated carbocycles. The van der Waals surface area contributed by atoms with Crippen LogP contribution in [0, 0.1) is 11.3 Å². The highest BCUT2D eigenvalue weighted by Gasteiger charge is 2.43. The van der Waals surface area contributed by atoms with Gasteiger partial charge in [0.2, 0.25) is 11.8 Å². The maximum absolute atomic E-state index is 12.8.